The maximum Gasteiger partial charge on any atom is 0.257 e. The monoisotopic (exact) mass is 337 g/mol. The van der Waals surface area contributed by atoms with E-state index in [2.05, 4.69) is 10.5 Å². The Kier molecular flexibility index (Phi) is 6.79. The second-order valence-electron chi connectivity index (χ2n) is 5.58. The molecule has 0 saturated carbocycles. The molecule has 1 heterocycles. The molecule has 1 aromatic heterocycles. The molecule has 0 spiro atoms. The van der Waals surface area contributed by atoms with Crippen molar-refractivity contribution in [1.29, 1.82) is 0 Å². The van der Waals surface area contributed by atoms with Crippen molar-refractivity contribution in [3.05, 3.63) is 41.7 Å². The van der Waals surface area contributed by atoms with Gasteiger partial charge in [0.25, 0.3) is 5.91 Å². The normalized spacial score (nSPS) is 11.0. The summed E-state index contributed by atoms with van der Waals surface area (Å²) in [5.74, 6) is 0.307. The second kappa shape index (κ2) is 8.13. The first kappa shape index (κ1) is 19.2. The lowest BCUT2D eigenvalue weighted by molar-refractivity contribution is 0.0941. The van der Waals surface area contributed by atoms with Crippen LogP contribution in [0, 0.1) is 6.92 Å². The summed E-state index contributed by atoms with van der Waals surface area (Å²) < 4.78 is 5.21. The second-order valence-corrected chi connectivity index (χ2v) is 5.58. The van der Waals surface area contributed by atoms with Crippen molar-refractivity contribution in [2.75, 3.05) is 6.54 Å². The van der Waals surface area contributed by atoms with Gasteiger partial charge in [0.15, 0.2) is 0 Å². The van der Waals surface area contributed by atoms with Crippen molar-refractivity contribution < 1.29 is 9.32 Å². The van der Waals surface area contributed by atoms with E-state index >= 15 is 0 Å². The molecule has 5 nitrogen and oxygen atoms in total. The van der Waals surface area contributed by atoms with Crippen LogP contribution >= 0.6 is 12.4 Å². The smallest absolute Gasteiger partial charge is 0.257 e. The Labute approximate surface area is 143 Å². The highest BCUT2D eigenvalue weighted by atomic mass is 35.5. The van der Waals surface area contributed by atoms with Crippen molar-refractivity contribution in [2.45, 2.75) is 39.2 Å². The summed E-state index contributed by atoms with van der Waals surface area (Å²) in [6.07, 6.45) is 1.61. The third kappa shape index (κ3) is 4.33. The molecule has 23 heavy (non-hydrogen) atoms. The van der Waals surface area contributed by atoms with Crippen molar-refractivity contribution in [1.82, 2.24) is 10.5 Å². The van der Waals surface area contributed by atoms with E-state index < -0.39 is 0 Å². The fraction of sp³-hybridized carbons (Fsp3) is 0.412. The maximum atomic E-state index is 12.5. The molecule has 0 atom stereocenters. The molecule has 3 N–H and O–H groups in total. The zero-order valence-corrected chi connectivity index (χ0v) is 14.6. The van der Waals surface area contributed by atoms with Gasteiger partial charge < -0.3 is 15.6 Å². The van der Waals surface area contributed by atoms with Gasteiger partial charge >= 0.3 is 0 Å². The summed E-state index contributed by atoms with van der Waals surface area (Å²) in [4.78, 5) is 12.5. The van der Waals surface area contributed by atoms with Gasteiger partial charge in [0.1, 0.15) is 17.0 Å². The minimum Gasteiger partial charge on any atom is -0.360 e. The summed E-state index contributed by atoms with van der Waals surface area (Å²) in [5.41, 5.74) is 7.74. The Balaban J connectivity index is 0.00000264. The third-order valence-electron chi connectivity index (χ3n) is 4.15. The number of benzene rings is 1. The van der Waals surface area contributed by atoms with E-state index in [4.69, 9.17) is 10.3 Å². The van der Waals surface area contributed by atoms with Gasteiger partial charge in [0.05, 0.1) is 0 Å². The molecule has 0 saturated heterocycles. The Morgan fingerprint density at radius 3 is 2.43 bits per heavy atom. The van der Waals surface area contributed by atoms with Crippen LogP contribution in [0.2, 0.25) is 0 Å². The van der Waals surface area contributed by atoms with Crippen molar-refractivity contribution in [2.24, 2.45) is 5.73 Å². The number of nitrogens with zero attached hydrogens (tertiary/aromatic N) is 1. The van der Waals surface area contributed by atoms with Crippen LogP contribution in [0.25, 0.3) is 11.3 Å². The van der Waals surface area contributed by atoms with Gasteiger partial charge in [0.2, 0.25) is 0 Å². The number of amides is 1. The summed E-state index contributed by atoms with van der Waals surface area (Å²) in [6.45, 7) is 6.22. The van der Waals surface area contributed by atoms with Crippen LogP contribution in [0.1, 0.15) is 42.8 Å². The quantitative estimate of drug-likeness (QED) is 0.847. The number of hydrogen-bond donors (Lipinski definition) is 2. The zero-order valence-electron chi connectivity index (χ0n) is 13.8. The summed E-state index contributed by atoms with van der Waals surface area (Å²) >= 11 is 0. The van der Waals surface area contributed by atoms with Gasteiger partial charge in [-0.1, -0.05) is 49.3 Å². The number of carbonyl (C=O) groups excluding carboxylic acids is 1. The number of aromatic nitrogens is 1. The van der Waals surface area contributed by atoms with Crippen molar-refractivity contribution in [3.63, 3.8) is 0 Å². The lowest BCUT2D eigenvalue weighted by Gasteiger charge is -2.26. The van der Waals surface area contributed by atoms with Crippen LogP contribution < -0.4 is 11.1 Å². The Bertz CT molecular complexity index is 637. The van der Waals surface area contributed by atoms with E-state index in [1.54, 1.807) is 6.92 Å². The van der Waals surface area contributed by atoms with Crippen molar-refractivity contribution >= 4 is 18.3 Å². The van der Waals surface area contributed by atoms with Gasteiger partial charge in [0, 0.05) is 17.6 Å². The van der Waals surface area contributed by atoms with Crippen LogP contribution in [0.15, 0.2) is 34.9 Å². The van der Waals surface area contributed by atoms with Crippen molar-refractivity contribution in [3.8, 4) is 11.3 Å². The first-order valence-electron chi connectivity index (χ1n) is 7.59. The lowest BCUT2D eigenvalue weighted by Crippen LogP contribution is -2.49. The molecule has 6 heteroatoms. The Morgan fingerprint density at radius 1 is 1.26 bits per heavy atom. The molecular formula is C17H24ClN3O2. The molecule has 126 valence electrons. The average Bonchev–Trinajstić information content (AvgIpc) is 2.95. The number of carbonyl (C=O) groups is 1. The molecule has 0 bridgehead atoms. The first-order valence-corrected chi connectivity index (χ1v) is 7.59. The number of nitrogens with one attached hydrogen (secondary N) is 1. The highest BCUT2D eigenvalue weighted by molar-refractivity contribution is 6.00. The number of nitrogens with two attached hydrogens (primary N) is 1. The fourth-order valence-corrected chi connectivity index (χ4v) is 2.28. The minimum absolute atomic E-state index is 0. The molecule has 0 aliphatic carbocycles. The van der Waals surface area contributed by atoms with E-state index in [-0.39, 0.29) is 23.9 Å². The molecule has 0 unspecified atom stereocenters. The van der Waals surface area contributed by atoms with Crippen LogP contribution in [-0.2, 0) is 0 Å². The number of aryl methyl sites for hydroxylation is 1. The van der Waals surface area contributed by atoms with Gasteiger partial charge in [-0.3, -0.25) is 4.79 Å². The fourth-order valence-electron chi connectivity index (χ4n) is 2.28. The topological polar surface area (TPSA) is 81.1 Å². The molecule has 2 rings (SSSR count). The SMILES string of the molecule is CCC(N)(CC)CNC(=O)c1c(-c2ccccc2)noc1C.Cl. The summed E-state index contributed by atoms with van der Waals surface area (Å²) in [7, 11) is 0. The van der Waals surface area contributed by atoms with Crippen LogP contribution in [0.5, 0.6) is 0 Å². The van der Waals surface area contributed by atoms with E-state index in [1.165, 1.54) is 0 Å². The average molecular weight is 338 g/mol. The molecule has 0 aliphatic heterocycles. The van der Waals surface area contributed by atoms with Gasteiger partial charge in [-0.15, -0.1) is 12.4 Å². The third-order valence-corrected chi connectivity index (χ3v) is 4.15. The molecule has 2 aromatic rings. The number of halogens is 1. The minimum atomic E-state index is -0.381. The Morgan fingerprint density at radius 2 is 1.87 bits per heavy atom. The van der Waals surface area contributed by atoms with Crippen LogP contribution in [0.4, 0.5) is 0 Å². The summed E-state index contributed by atoms with van der Waals surface area (Å²) in [5, 5.41) is 6.94. The molecule has 1 aromatic carbocycles. The van der Waals surface area contributed by atoms with E-state index in [0.717, 1.165) is 18.4 Å². The predicted octanol–water partition coefficient (Wildman–Crippen LogP) is 3.32. The van der Waals surface area contributed by atoms with E-state index in [1.807, 2.05) is 44.2 Å². The molecular weight excluding hydrogens is 314 g/mol. The van der Waals surface area contributed by atoms with Gasteiger partial charge in [-0.05, 0) is 19.8 Å². The number of hydrogen-bond acceptors (Lipinski definition) is 4. The molecule has 0 radical (unpaired) electrons. The maximum absolute atomic E-state index is 12.5. The number of rotatable bonds is 6. The highest BCUT2D eigenvalue weighted by Gasteiger charge is 2.25. The van der Waals surface area contributed by atoms with Gasteiger partial charge in [-0.2, -0.15) is 0 Å². The standard InChI is InChI=1S/C17H23N3O2.ClH/c1-4-17(18,5-2)11-19-16(21)14-12(3)22-20-15(14)13-9-7-6-8-10-13;/h6-10H,4-5,11,18H2,1-3H3,(H,19,21);1H. The van der Waals surface area contributed by atoms with Crippen LogP contribution in [0.3, 0.4) is 0 Å². The van der Waals surface area contributed by atoms with E-state index in [9.17, 15) is 4.79 Å². The molecule has 0 aliphatic rings. The van der Waals surface area contributed by atoms with Crippen LogP contribution in [-0.4, -0.2) is 23.1 Å². The van der Waals surface area contributed by atoms with Gasteiger partial charge in [-0.25, -0.2) is 0 Å². The predicted molar refractivity (Wildman–Crippen MR) is 93.8 cm³/mol. The first-order chi connectivity index (χ1) is 10.5. The van der Waals surface area contributed by atoms with E-state index in [0.29, 0.717) is 23.6 Å². The largest absolute Gasteiger partial charge is 0.360 e. The zero-order chi connectivity index (χ0) is 16.2. The molecule has 0 fully saturated rings. The lowest BCUT2D eigenvalue weighted by atomic mass is 9.94. The summed E-state index contributed by atoms with van der Waals surface area (Å²) in [6, 6.07) is 9.53. The molecule has 1 amide bonds. The highest BCUT2D eigenvalue weighted by Crippen LogP contribution is 2.25. The Hall–Kier alpha value is -1.85.